The molecule has 2 aromatic heterocycles. The van der Waals surface area contributed by atoms with E-state index in [1.807, 2.05) is 18.5 Å². The maximum Gasteiger partial charge on any atom is 0.101 e. The van der Waals surface area contributed by atoms with Crippen LogP contribution in [0, 0.1) is 6.92 Å². The zero-order chi connectivity index (χ0) is 12.1. The van der Waals surface area contributed by atoms with Gasteiger partial charge < -0.3 is 0 Å². The molecule has 0 aliphatic rings. The third-order valence-electron chi connectivity index (χ3n) is 3.51. The number of aromatic nitrogens is 3. The predicted octanol–water partition coefficient (Wildman–Crippen LogP) is 3.57. The summed E-state index contributed by atoms with van der Waals surface area (Å²) >= 11 is 0. The third-order valence-corrected chi connectivity index (χ3v) is 3.51. The number of benzene rings is 2. The first-order valence-corrected chi connectivity index (χ1v) is 5.95. The molecule has 0 saturated carbocycles. The molecule has 3 nitrogen and oxygen atoms in total. The maximum atomic E-state index is 4.45. The number of aryl methyl sites for hydroxylation is 1. The van der Waals surface area contributed by atoms with Crippen LogP contribution in [-0.2, 0) is 0 Å². The average molecular weight is 233 g/mol. The van der Waals surface area contributed by atoms with E-state index < -0.39 is 0 Å². The molecule has 86 valence electrons. The molecule has 0 saturated heterocycles. The highest BCUT2D eigenvalue weighted by atomic mass is 15.1. The van der Waals surface area contributed by atoms with Gasteiger partial charge in [-0.3, -0.25) is 10.1 Å². The molecular weight excluding hydrogens is 222 g/mol. The van der Waals surface area contributed by atoms with Crippen LogP contribution in [0.25, 0.3) is 32.4 Å². The Kier molecular flexibility index (Phi) is 1.75. The molecule has 1 N–H and O–H groups in total. The van der Waals surface area contributed by atoms with Gasteiger partial charge in [0.05, 0.1) is 0 Å². The van der Waals surface area contributed by atoms with Gasteiger partial charge in [0.1, 0.15) is 5.52 Å². The zero-order valence-electron chi connectivity index (χ0n) is 9.94. The van der Waals surface area contributed by atoms with Crippen LogP contribution in [0.5, 0.6) is 0 Å². The highest BCUT2D eigenvalue weighted by Crippen LogP contribution is 2.34. The predicted molar refractivity (Wildman–Crippen MR) is 73.6 cm³/mol. The summed E-state index contributed by atoms with van der Waals surface area (Å²) in [5, 5.41) is 13.5. The van der Waals surface area contributed by atoms with E-state index in [2.05, 4.69) is 46.4 Å². The van der Waals surface area contributed by atoms with Crippen LogP contribution in [-0.4, -0.2) is 15.2 Å². The monoisotopic (exact) mass is 233 g/mol. The first kappa shape index (κ1) is 9.59. The Morgan fingerprint density at radius 3 is 2.67 bits per heavy atom. The second-order valence-electron chi connectivity index (χ2n) is 4.54. The van der Waals surface area contributed by atoms with Gasteiger partial charge in [-0.05, 0) is 23.8 Å². The summed E-state index contributed by atoms with van der Waals surface area (Å²) in [5.74, 6) is 0. The van der Waals surface area contributed by atoms with Crippen molar-refractivity contribution in [1.82, 2.24) is 15.2 Å². The molecule has 4 aromatic rings. The van der Waals surface area contributed by atoms with Gasteiger partial charge >= 0.3 is 0 Å². The Hall–Kier alpha value is -2.42. The SMILES string of the molecule is Cc1[nH]nc2c3ccccc3c3cnccc3c12. The van der Waals surface area contributed by atoms with Crippen LogP contribution in [0.1, 0.15) is 5.69 Å². The van der Waals surface area contributed by atoms with Crippen molar-refractivity contribution in [2.24, 2.45) is 0 Å². The molecule has 0 aliphatic heterocycles. The Balaban J connectivity index is 2.48. The molecule has 4 rings (SSSR count). The lowest BCUT2D eigenvalue weighted by Gasteiger charge is -2.05. The van der Waals surface area contributed by atoms with Crippen molar-refractivity contribution in [3.8, 4) is 0 Å². The molecule has 0 aliphatic carbocycles. The minimum absolute atomic E-state index is 1.04. The van der Waals surface area contributed by atoms with Gasteiger partial charge in [-0.2, -0.15) is 5.10 Å². The first-order valence-electron chi connectivity index (χ1n) is 5.95. The molecule has 0 radical (unpaired) electrons. The average Bonchev–Trinajstić information content (AvgIpc) is 2.82. The van der Waals surface area contributed by atoms with Crippen LogP contribution >= 0.6 is 0 Å². The summed E-state index contributed by atoms with van der Waals surface area (Å²) in [6.45, 7) is 2.06. The molecule has 0 unspecified atom stereocenters. The number of hydrogen-bond donors (Lipinski definition) is 1. The quantitative estimate of drug-likeness (QED) is 0.472. The lowest BCUT2D eigenvalue weighted by molar-refractivity contribution is 1.07. The fourth-order valence-corrected chi connectivity index (χ4v) is 2.71. The highest BCUT2D eigenvalue weighted by Gasteiger charge is 2.11. The maximum absolute atomic E-state index is 4.45. The second kappa shape index (κ2) is 3.29. The third kappa shape index (κ3) is 1.08. The van der Waals surface area contributed by atoms with Crippen molar-refractivity contribution >= 4 is 32.4 Å². The molecule has 0 spiro atoms. The normalized spacial score (nSPS) is 11.6. The number of rotatable bonds is 0. The zero-order valence-corrected chi connectivity index (χ0v) is 9.94. The summed E-state index contributed by atoms with van der Waals surface area (Å²) in [6, 6.07) is 10.4. The standard InChI is InChI=1S/C15H11N3/c1-9-14-11-6-7-16-8-13(11)10-4-2-3-5-12(10)15(14)18-17-9/h2-8H,1H3,(H,17,18). The molecule has 0 amide bonds. The summed E-state index contributed by atoms with van der Waals surface area (Å²) in [4.78, 5) is 4.25. The van der Waals surface area contributed by atoms with Gasteiger partial charge in [0.15, 0.2) is 0 Å². The second-order valence-corrected chi connectivity index (χ2v) is 4.54. The van der Waals surface area contributed by atoms with Crippen molar-refractivity contribution in [2.75, 3.05) is 0 Å². The molecule has 2 aromatic carbocycles. The van der Waals surface area contributed by atoms with Gasteiger partial charge in [-0.15, -0.1) is 0 Å². The van der Waals surface area contributed by atoms with Gasteiger partial charge in [-0.25, -0.2) is 0 Å². The number of fused-ring (bicyclic) bond motifs is 6. The van der Waals surface area contributed by atoms with E-state index in [-0.39, 0.29) is 0 Å². The molecule has 0 fully saturated rings. The number of aromatic amines is 1. The van der Waals surface area contributed by atoms with Crippen molar-refractivity contribution in [3.05, 3.63) is 48.4 Å². The van der Waals surface area contributed by atoms with Crippen LogP contribution in [0.15, 0.2) is 42.7 Å². The van der Waals surface area contributed by atoms with E-state index in [9.17, 15) is 0 Å². The summed E-state index contributed by atoms with van der Waals surface area (Å²) in [5.41, 5.74) is 2.15. The molecule has 3 heteroatoms. The van der Waals surface area contributed by atoms with E-state index >= 15 is 0 Å². The van der Waals surface area contributed by atoms with Gasteiger partial charge in [0.2, 0.25) is 0 Å². The largest absolute Gasteiger partial charge is 0.282 e. The fraction of sp³-hybridized carbons (Fsp3) is 0.0667. The van der Waals surface area contributed by atoms with E-state index in [0.29, 0.717) is 0 Å². The Bertz CT molecular complexity index is 890. The fourth-order valence-electron chi connectivity index (χ4n) is 2.71. The number of H-pyrrole nitrogens is 1. The molecule has 18 heavy (non-hydrogen) atoms. The van der Waals surface area contributed by atoms with Gasteiger partial charge in [0.25, 0.3) is 0 Å². The van der Waals surface area contributed by atoms with Gasteiger partial charge in [-0.1, -0.05) is 24.3 Å². The highest BCUT2D eigenvalue weighted by molar-refractivity contribution is 6.24. The summed E-state index contributed by atoms with van der Waals surface area (Å²) < 4.78 is 0. The molecule has 0 bridgehead atoms. The van der Waals surface area contributed by atoms with E-state index in [1.54, 1.807) is 0 Å². The van der Waals surface area contributed by atoms with Crippen LogP contribution in [0.3, 0.4) is 0 Å². The number of pyridine rings is 1. The summed E-state index contributed by atoms with van der Waals surface area (Å²) in [6.07, 6.45) is 3.77. The molecule has 2 heterocycles. The van der Waals surface area contributed by atoms with Crippen molar-refractivity contribution in [3.63, 3.8) is 0 Å². The van der Waals surface area contributed by atoms with E-state index in [1.165, 1.54) is 26.9 Å². The number of nitrogens with zero attached hydrogens (tertiary/aromatic N) is 2. The van der Waals surface area contributed by atoms with Crippen LogP contribution < -0.4 is 0 Å². The minimum Gasteiger partial charge on any atom is -0.282 e. The number of nitrogens with one attached hydrogen (secondary N) is 1. The van der Waals surface area contributed by atoms with E-state index in [4.69, 9.17) is 0 Å². The van der Waals surface area contributed by atoms with Crippen LogP contribution in [0.4, 0.5) is 0 Å². The van der Waals surface area contributed by atoms with Gasteiger partial charge in [0, 0.05) is 34.2 Å². The topological polar surface area (TPSA) is 41.6 Å². The first-order chi connectivity index (χ1) is 8.86. The molecular formula is C15H11N3. The van der Waals surface area contributed by atoms with E-state index in [0.717, 1.165) is 11.2 Å². The Morgan fingerprint density at radius 1 is 0.944 bits per heavy atom. The summed E-state index contributed by atoms with van der Waals surface area (Å²) in [7, 11) is 0. The molecule has 0 atom stereocenters. The van der Waals surface area contributed by atoms with Crippen molar-refractivity contribution in [2.45, 2.75) is 6.92 Å². The van der Waals surface area contributed by atoms with Crippen molar-refractivity contribution < 1.29 is 0 Å². The Labute approximate surface area is 103 Å². The number of hydrogen-bond acceptors (Lipinski definition) is 2. The Morgan fingerprint density at radius 2 is 1.78 bits per heavy atom. The lowest BCUT2D eigenvalue weighted by atomic mass is 9.99. The minimum atomic E-state index is 1.04. The van der Waals surface area contributed by atoms with Crippen LogP contribution in [0.2, 0.25) is 0 Å². The smallest absolute Gasteiger partial charge is 0.101 e. The lowest BCUT2D eigenvalue weighted by Crippen LogP contribution is -1.82. The van der Waals surface area contributed by atoms with Crippen molar-refractivity contribution in [1.29, 1.82) is 0 Å².